The zero-order valence-electron chi connectivity index (χ0n) is 11.2. The normalized spacial score (nSPS) is 10.2. The summed E-state index contributed by atoms with van der Waals surface area (Å²) in [4.78, 5) is 8.52. The molecule has 2 aromatic rings. The molecule has 2 rings (SSSR count). The third kappa shape index (κ3) is 4.13. The summed E-state index contributed by atoms with van der Waals surface area (Å²) in [6.45, 7) is 5.04. The minimum Gasteiger partial charge on any atom is -0.492 e. The van der Waals surface area contributed by atoms with E-state index in [9.17, 15) is 0 Å². The monoisotopic (exact) mass is 258 g/mol. The van der Waals surface area contributed by atoms with Crippen LogP contribution >= 0.6 is 0 Å². The highest BCUT2D eigenvalue weighted by molar-refractivity contribution is 5.43. The molecule has 0 fully saturated rings. The summed E-state index contributed by atoms with van der Waals surface area (Å²) in [6.07, 6.45) is 0. The van der Waals surface area contributed by atoms with Crippen molar-refractivity contribution in [1.29, 1.82) is 0 Å². The highest BCUT2D eigenvalue weighted by Crippen LogP contribution is 2.14. The lowest BCUT2D eigenvalue weighted by atomic mass is 10.3. The van der Waals surface area contributed by atoms with Crippen molar-refractivity contribution < 1.29 is 4.74 Å². The number of rotatable bonds is 5. The SMILES string of the molecule is Cc1cc(NCCOc2cccc(N)c2)nc(C)n1. The molecular formula is C14H18N4O. The number of nitrogens with zero attached hydrogens (tertiary/aromatic N) is 2. The Bertz CT molecular complexity index is 537. The smallest absolute Gasteiger partial charge is 0.130 e. The number of anilines is 2. The van der Waals surface area contributed by atoms with Crippen LogP contribution in [0.1, 0.15) is 11.5 Å². The first-order valence-electron chi connectivity index (χ1n) is 6.18. The summed E-state index contributed by atoms with van der Waals surface area (Å²) in [5, 5.41) is 3.20. The molecule has 0 amide bonds. The number of hydrogen-bond donors (Lipinski definition) is 2. The Kier molecular flexibility index (Phi) is 4.18. The van der Waals surface area contributed by atoms with Gasteiger partial charge in [0.05, 0.1) is 6.54 Å². The highest BCUT2D eigenvalue weighted by Gasteiger charge is 1.98. The van der Waals surface area contributed by atoms with Gasteiger partial charge in [-0.25, -0.2) is 9.97 Å². The molecule has 0 aliphatic heterocycles. The molecule has 0 saturated heterocycles. The van der Waals surface area contributed by atoms with Crippen molar-refractivity contribution >= 4 is 11.5 Å². The number of aryl methyl sites for hydroxylation is 2. The predicted octanol–water partition coefficient (Wildman–Crippen LogP) is 2.17. The molecule has 5 heteroatoms. The topological polar surface area (TPSA) is 73.1 Å². The summed E-state index contributed by atoms with van der Waals surface area (Å²) in [6, 6.07) is 9.30. The molecule has 1 aromatic carbocycles. The van der Waals surface area contributed by atoms with Crippen LogP contribution in [0, 0.1) is 13.8 Å². The van der Waals surface area contributed by atoms with Gasteiger partial charge in [0, 0.05) is 23.5 Å². The lowest BCUT2D eigenvalue weighted by molar-refractivity contribution is 0.333. The van der Waals surface area contributed by atoms with Crippen LogP contribution in [0.3, 0.4) is 0 Å². The van der Waals surface area contributed by atoms with E-state index in [1.807, 2.05) is 38.1 Å². The van der Waals surface area contributed by atoms with Crippen LogP contribution in [-0.4, -0.2) is 23.1 Å². The van der Waals surface area contributed by atoms with Crippen molar-refractivity contribution in [2.75, 3.05) is 24.2 Å². The fraction of sp³-hybridized carbons (Fsp3) is 0.286. The molecule has 0 unspecified atom stereocenters. The van der Waals surface area contributed by atoms with Gasteiger partial charge in [0.15, 0.2) is 0 Å². The summed E-state index contributed by atoms with van der Waals surface area (Å²) in [5.74, 6) is 2.36. The van der Waals surface area contributed by atoms with Gasteiger partial charge in [0.1, 0.15) is 24.0 Å². The Morgan fingerprint density at radius 1 is 1.21 bits per heavy atom. The van der Waals surface area contributed by atoms with E-state index >= 15 is 0 Å². The number of nitrogens with two attached hydrogens (primary N) is 1. The van der Waals surface area contributed by atoms with Crippen LogP contribution in [0.5, 0.6) is 5.75 Å². The van der Waals surface area contributed by atoms with Crippen molar-refractivity contribution in [2.24, 2.45) is 0 Å². The third-order valence-electron chi connectivity index (χ3n) is 2.50. The Balaban J connectivity index is 1.80. The van der Waals surface area contributed by atoms with Crippen LogP contribution < -0.4 is 15.8 Å². The van der Waals surface area contributed by atoms with Gasteiger partial charge in [-0.3, -0.25) is 0 Å². The van der Waals surface area contributed by atoms with Crippen LogP contribution in [-0.2, 0) is 0 Å². The maximum Gasteiger partial charge on any atom is 0.130 e. The number of ether oxygens (including phenoxy) is 1. The molecule has 0 aliphatic rings. The number of benzene rings is 1. The molecule has 1 aromatic heterocycles. The minimum absolute atomic E-state index is 0.547. The Labute approximate surface area is 112 Å². The zero-order valence-corrected chi connectivity index (χ0v) is 11.2. The fourth-order valence-corrected chi connectivity index (χ4v) is 1.76. The third-order valence-corrected chi connectivity index (χ3v) is 2.50. The number of nitrogens with one attached hydrogen (secondary N) is 1. The quantitative estimate of drug-likeness (QED) is 0.635. The average Bonchev–Trinajstić information content (AvgIpc) is 2.34. The lowest BCUT2D eigenvalue weighted by Crippen LogP contribution is -2.13. The van der Waals surface area contributed by atoms with Crippen LogP contribution in [0.2, 0.25) is 0 Å². The molecule has 0 radical (unpaired) electrons. The molecule has 19 heavy (non-hydrogen) atoms. The maximum atomic E-state index is 5.67. The Morgan fingerprint density at radius 2 is 2.05 bits per heavy atom. The van der Waals surface area contributed by atoms with E-state index < -0.39 is 0 Å². The van der Waals surface area contributed by atoms with E-state index in [0.29, 0.717) is 18.8 Å². The molecule has 5 nitrogen and oxygen atoms in total. The van der Waals surface area contributed by atoms with Crippen molar-refractivity contribution in [2.45, 2.75) is 13.8 Å². The fourth-order valence-electron chi connectivity index (χ4n) is 1.76. The van der Waals surface area contributed by atoms with Crippen molar-refractivity contribution in [1.82, 2.24) is 9.97 Å². The van der Waals surface area contributed by atoms with Crippen molar-refractivity contribution in [3.63, 3.8) is 0 Å². The Morgan fingerprint density at radius 3 is 2.79 bits per heavy atom. The van der Waals surface area contributed by atoms with Gasteiger partial charge in [-0.05, 0) is 26.0 Å². The first-order chi connectivity index (χ1) is 9.13. The van der Waals surface area contributed by atoms with Crippen LogP contribution in [0.4, 0.5) is 11.5 Å². The van der Waals surface area contributed by atoms with E-state index in [2.05, 4.69) is 15.3 Å². The van der Waals surface area contributed by atoms with Gasteiger partial charge in [-0.1, -0.05) is 6.07 Å². The second-order valence-electron chi connectivity index (χ2n) is 4.29. The molecule has 0 bridgehead atoms. The van der Waals surface area contributed by atoms with E-state index in [1.165, 1.54) is 0 Å². The van der Waals surface area contributed by atoms with Gasteiger partial charge >= 0.3 is 0 Å². The molecule has 0 spiro atoms. The summed E-state index contributed by atoms with van der Waals surface area (Å²) >= 11 is 0. The Hall–Kier alpha value is -2.30. The van der Waals surface area contributed by atoms with Gasteiger partial charge in [-0.2, -0.15) is 0 Å². The summed E-state index contributed by atoms with van der Waals surface area (Å²) in [5.41, 5.74) is 7.33. The highest BCUT2D eigenvalue weighted by atomic mass is 16.5. The molecule has 100 valence electrons. The molecule has 0 saturated carbocycles. The van der Waals surface area contributed by atoms with E-state index in [0.717, 1.165) is 23.1 Å². The first-order valence-corrected chi connectivity index (χ1v) is 6.18. The molecule has 0 aliphatic carbocycles. The largest absolute Gasteiger partial charge is 0.492 e. The first kappa shape index (κ1) is 13.1. The predicted molar refractivity (Wildman–Crippen MR) is 76.3 cm³/mol. The van der Waals surface area contributed by atoms with Crippen LogP contribution in [0.15, 0.2) is 30.3 Å². The summed E-state index contributed by atoms with van der Waals surface area (Å²) in [7, 11) is 0. The molecule has 0 atom stereocenters. The van der Waals surface area contributed by atoms with Gasteiger partial charge in [0.25, 0.3) is 0 Å². The molecule has 1 heterocycles. The van der Waals surface area contributed by atoms with Gasteiger partial charge < -0.3 is 15.8 Å². The average molecular weight is 258 g/mol. The van der Waals surface area contributed by atoms with E-state index in [1.54, 1.807) is 6.07 Å². The second-order valence-corrected chi connectivity index (χ2v) is 4.29. The number of hydrogen-bond acceptors (Lipinski definition) is 5. The standard InChI is InChI=1S/C14H18N4O/c1-10-8-14(18-11(2)17-10)16-6-7-19-13-5-3-4-12(15)9-13/h3-5,8-9H,6-7,15H2,1-2H3,(H,16,17,18). The second kappa shape index (κ2) is 6.04. The minimum atomic E-state index is 0.547. The van der Waals surface area contributed by atoms with E-state index in [-0.39, 0.29) is 0 Å². The van der Waals surface area contributed by atoms with Crippen molar-refractivity contribution in [3.8, 4) is 5.75 Å². The van der Waals surface area contributed by atoms with Crippen molar-refractivity contribution in [3.05, 3.63) is 41.9 Å². The van der Waals surface area contributed by atoms with Gasteiger partial charge in [-0.15, -0.1) is 0 Å². The maximum absolute atomic E-state index is 5.67. The molecular weight excluding hydrogens is 240 g/mol. The number of nitrogen functional groups attached to an aromatic ring is 1. The molecule has 3 N–H and O–H groups in total. The lowest BCUT2D eigenvalue weighted by Gasteiger charge is -2.09. The summed E-state index contributed by atoms with van der Waals surface area (Å²) < 4.78 is 5.58. The van der Waals surface area contributed by atoms with Gasteiger partial charge in [0.2, 0.25) is 0 Å². The number of aromatic nitrogens is 2. The zero-order chi connectivity index (χ0) is 13.7. The van der Waals surface area contributed by atoms with Crippen LogP contribution in [0.25, 0.3) is 0 Å². The van der Waals surface area contributed by atoms with E-state index in [4.69, 9.17) is 10.5 Å².